The zero-order chi connectivity index (χ0) is 14.0. The number of rotatable bonds is 3. The van der Waals surface area contributed by atoms with Crippen LogP contribution in [0.3, 0.4) is 0 Å². The summed E-state index contributed by atoms with van der Waals surface area (Å²) >= 11 is 0. The quantitative estimate of drug-likeness (QED) is 0.844. The first-order valence-electron chi connectivity index (χ1n) is 8.23. The molecule has 0 amide bonds. The molecule has 0 heterocycles. The van der Waals surface area contributed by atoms with Gasteiger partial charge in [-0.1, -0.05) is 20.8 Å². The fourth-order valence-electron chi connectivity index (χ4n) is 4.08. The van der Waals surface area contributed by atoms with Crippen LogP contribution in [-0.4, -0.2) is 12.3 Å². The van der Waals surface area contributed by atoms with Gasteiger partial charge in [-0.3, -0.25) is 4.79 Å². The molecule has 0 spiro atoms. The molecule has 19 heavy (non-hydrogen) atoms. The molecule has 2 aliphatic carbocycles. The molecule has 3 atom stereocenters. The normalized spacial score (nSPS) is 44.0. The van der Waals surface area contributed by atoms with Gasteiger partial charge in [-0.05, 0) is 62.7 Å². The van der Waals surface area contributed by atoms with Gasteiger partial charge in [0.2, 0.25) is 0 Å². The van der Waals surface area contributed by atoms with Crippen molar-refractivity contribution >= 4 is 5.78 Å². The van der Waals surface area contributed by atoms with Crippen molar-refractivity contribution in [1.82, 2.24) is 0 Å². The van der Waals surface area contributed by atoms with Crippen LogP contribution in [0.15, 0.2) is 0 Å². The minimum Gasteiger partial charge on any atom is -0.329 e. The molecule has 0 radical (unpaired) electrons. The van der Waals surface area contributed by atoms with E-state index < -0.39 is 0 Å². The van der Waals surface area contributed by atoms with Crippen LogP contribution in [0.25, 0.3) is 0 Å². The van der Waals surface area contributed by atoms with E-state index in [1.54, 1.807) is 0 Å². The molecule has 0 bridgehead atoms. The lowest BCUT2D eigenvalue weighted by molar-refractivity contribution is -0.136. The predicted molar refractivity (Wildman–Crippen MR) is 79.8 cm³/mol. The van der Waals surface area contributed by atoms with Crippen molar-refractivity contribution in [2.75, 3.05) is 6.54 Å². The number of hydrogen-bond donors (Lipinski definition) is 1. The monoisotopic (exact) mass is 265 g/mol. The van der Waals surface area contributed by atoms with E-state index in [2.05, 4.69) is 20.8 Å². The van der Waals surface area contributed by atoms with E-state index >= 15 is 0 Å². The molecule has 0 aromatic rings. The van der Waals surface area contributed by atoms with Crippen LogP contribution in [0, 0.1) is 29.1 Å². The lowest BCUT2D eigenvalue weighted by Crippen LogP contribution is -2.46. The second-order valence-corrected chi connectivity index (χ2v) is 7.50. The van der Waals surface area contributed by atoms with Gasteiger partial charge in [0.05, 0.1) is 0 Å². The SMILES string of the molecule is CC1CCC(CN)(C(=O)C2CCC(C)C(C)C2)CC1. The molecular weight excluding hydrogens is 234 g/mol. The van der Waals surface area contributed by atoms with Crippen molar-refractivity contribution in [1.29, 1.82) is 0 Å². The van der Waals surface area contributed by atoms with Gasteiger partial charge in [0.1, 0.15) is 5.78 Å². The van der Waals surface area contributed by atoms with E-state index in [1.165, 1.54) is 19.3 Å². The maximum atomic E-state index is 13.0. The number of hydrogen-bond acceptors (Lipinski definition) is 2. The Morgan fingerprint density at radius 1 is 1.05 bits per heavy atom. The third kappa shape index (κ3) is 3.04. The first-order chi connectivity index (χ1) is 8.98. The lowest BCUT2D eigenvalue weighted by atomic mass is 9.62. The summed E-state index contributed by atoms with van der Waals surface area (Å²) in [5.74, 6) is 3.06. The summed E-state index contributed by atoms with van der Waals surface area (Å²) in [4.78, 5) is 13.0. The zero-order valence-electron chi connectivity index (χ0n) is 13.0. The molecule has 2 heteroatoms. The summed E-state index contributed by atoms with van der Waals surface area (Å²) in [7, 11) is 0. The Bertz CT molecular complexity index is 317. The predicted octanol–water partition coefficient (Wildman–Crippen LogP) is 3.78. The highest BCUT2D eigenvalue weighted by Gasteiger charge is 2.43. The zero-order valence-corrected chi connectivity index (χ0v) is 13.0. The number of carbonyl (C=O) groups excluding carboxylic acids is 1. The average Bonchev–Trinajstić information content (AvgIpc) is 2.42. The van der Waals surface area contributed by atoms with E-state index in [0.29, 0.717) is 24.2 Å². The van der Waals surface area contributed by atoms with Crippen LogP contribution >= 0.6 is 0 Å². The summed E-state index contributed by atoms with van der Waals surface area (Å²) in [5, 5.41) is 0. The standard InChI is InChI=1S/C17H31NO/c1-12-6-8-17(11-18,9-7-12)16(19)15-5-4-13(2)14(3)10-15/h12-15H,4-11,18H2,1-3H3. The average molecular weight is 265 g/mol. The summed E-state index contributed by atoms with van der Waals surface area (Å²) in [6.07, 6.45) is 7.84. The Labute approximate surface area is 118 Å². The maximum Gasteiger partial charge on any atom is 0.143 e. The van der Waals surface area contributed by atoms with Gasteiger partial charge in [-0.25, -0.2) is 0 Å². The molecule has 0 aromatic heterocycles. The summed E-state index contributed by atoms with van der Waals surface area (Å²) < 4.78 is 0. The van der Waals surface area contributed by atoms with Crippen molar-refractivity contribution in [2.24, 2.45) is 34.8 Å². The third-order valence-corrected chi connectivity index (χ3v) is 6.11. The van der Waals surface area contributed by atoms with Gasteiger partial charge < -0.3 is 5.73 Å². The van der Waals surface area contributed by atoms with Crippen molar-refractivity contribution < 1.29 is 4.79 Å². The number of nitrogens with two attached hydrogens (primary N) is 1. The number of Topliss-reactive ketones (excluding diaryl/α,β-unsaturated/α-hetero) is 1. The van der Waals surface area contributed by atoms with Gasteiger partial charge in [0.25, 0.3) is 0 Å². The first-order valence-corrected chi connectivity index (χ1v) is 8.23. The van der Waals surface area contributed by atoms with Crippen LogP contribution in [0.1, 0.15) is 65.7 Å². The van der Waals surface area contributed by atoms with Crippen molar-refractivity contribution in [3.05, 3.63) is 0 Å². The minimum absolute atomic E-state index is 0.169. The highest BCUT2D eigenvalue weighted by Crippen LogP contribution is 2.44. The molecule has 3 unspecified atom stereocenters. The maximum absolute atomic E-state index is 13.0. The van der Waals surface area contributed by atoms with Crippen molar-refractivity contribution in [2.45, 2.75) is 65.7 Å². The second kappa shape index (κ2) is 5.95. The number of carbonyl (C=O) groups is 1. The largest absolute Gasteiger partial charge is 0.329 e. The number of ketones is 1. The summed E-state index contributed by atoms with van der Waals surface area (Å²) in [5.41, 5.74) is 5.86. The van der Waals surface area contributed by atoms with Crippen molar-refractivity contribution in [3.8, 4) is 0 Å². The van der Waals surface area contributed by atoms with Crippen LogP contribution in [-0.2, 0) is 4.79 Å². The van der Waals surface area contributed by atoms with E-state index in [0.717, 1.165) is 37.5 Å². The molecule has 2 aliphatic rings. The highest BCUT2D eigenvalue weighted by atomic mass is 16.1. The smallest absolute Gasteiger partial charge is 0.143 e. The topological polar surface area (TPSA) is 43.1 Å². The molecule has 0 aromatic carbocycles. The van der Waals surface area contributed by atoms with Gasteiger partial charge in [0.15, 0.2) is 0 Å². The lowest BCUT2D eigenvalue weighted by Gasteiger charge is -2.42. The molecule has 2 N–H and O–H groups in total. The molecule has 2 fully saturated rings. The van der Waals surface area contributed by atoms with Crippen LogP contribution < -0.4 is 5.73 Å². The van der Waals surface area contributed by atoms with Gasteiger partial charge in [0, 0.05) is 17.9 Å². The van der Waals surface area contributed by atoms with Crippen LogP contribution in [0.4, 0.5) is 0 Å². The third-order valence-electron chi connectivity index (χ3n) is 6.11. The minimum atomic E-state index is -0.169. The summed E-state index contributed by atoms with van der Waals surface area (Å²) in [6.45, 7) is 7.50. The Kier molecular flexibility index (Phi) is 4.70. The van der Waals surface area contributed by atoms with E-state index in [1.807, 2.05) is 0 Å². The van der Waals surface area contributed by atoms with Crippen LogP contribution in [0.5, 0.6) is 0 Å². The molecule has 0 saturated heterocycles. The Morgan fingerprint density at radius 3 is 2.21 bits per heavy atom. The Balaban J connectivity index is 2.04. The van der Waals surface area contributed by atoms with Crippen molar-refractivity contribution in [3.63, 3.8) is 0 Å². The van der Waals surface area contributed by atoms with Gasteiger partial charge in [-0.15, -0.1) is 0 Å². The Hall–Kier alpha value is -0.370. The van der Waals surface area contributed by atoms with E-state index in [9.17, 15) is 4.79 Å². The first kappa shape index (κ1) is 15.0. The molecule has 110 valence electrons. The molecule has 0 aliphatic heterocycles. The molecule has 2 rings (SSSR count). The van der Waals surface area contributed by atoms with E-state index in [-0.39, 0.29) is 5.41 Å². The highest BCUT2D eigenvalue weighted by molar-refractivity contribution is 5.87. The Morgan fingerprint density at radius 2 is 1.68 bits per heavy atom. The van der Waals surface area contributed by atoms with Gasteiger partial charge >= 0.3 is 0 Å². The summed E-state index contributed by atoms with van der Waals surface area (Å²) in [6, 6.07) is 0. The fraction of sp³-hybridized carbons (Fsp3) is 0.941. The second-order valence-electron chi connectivity index (χ2n) is 7.50. The van der Waals surface area contributed by atoms with Crippen LogP contribution in [0.2, 0.25) is 0 Å². The molecular formula is C17H31NO. The molecule has 2 nitrogen and oxygen atoms in total. The molecule has 2 saturated carbocycles. The fourth-order valence-corrected chi connectivity index (χ4v) is 4.08. The van der Waals surface area contributed by atoms with Gasteiger partial charge in [-0.2, -0.15) is 0 Å². The van der Waals surface area contributed by atoms with E-state index in [4.69, 9.17) is 5.73 Å².